The Bertz CT molecular complexity index is 424. The maximum Gasteiger partial charge on any atom is 0.320 e. The van der Waals surface area contributed by atoms with Crippen molar-refractivity contribution in [3.05, 3.63) is 34.1 Å². The van der Waals surface area contributed by atoms with Gasteiger partial charge >= 0.3 is 5.97 Å². The Morgan fingerprint density at radius 2 is 2.22 bits per heavy atom. The third kappa shape index (κ3) is 3.67. The van der Waals surface area contributed by atoms with Crippen molar-refractivity contribution in [3.8, 4) is 0 Å². The van der Waals surface area contributed by atoms with Gasteiger partial charge in [-0.05, 0) is 43.1 Å². The molecule has 2 rings (SSSR count). The lowest BCUT2D eigenvalue weighted by Crippen LogP contribution is -2.35. The molecule has 0 aromatic heterocycles. The lowest BCUT2D eigenvalue weighted by atomic mass is 10.2. The van der Waals surface area contributed by atoms with Gasteiger partial charge in [0.1, 0.15) is 11.9 Å². The summed E-state index contributed by atoms with van der Waals surface area (Å²) in [6.45, 7) is 1.23. The van der Waals surface area contributed by atoms with Crippen LogP contribution in [0.2, 0.25) is 0 Å². The molecule has 1 aliphatic rings. The van der Waals surface area contributed by atoms with Gasteiger partial charge in [0.05, 0.1) is 0 Å². The second-order valence-electron chi connectivity index (χ2n) is 4.24. The summed E-state index contributed by atoms with van der Waals surface area (Å²) in [6, 6.07) is 4.22. The van der Waals surface area contributed by atoms with Crippen molar-refractivity contribution in [3.63, 3.8) is 0 Å². The molecular weight excluding hydrogens is 324 g/mol. The van der Waals surface area contributed by atoms with Crippen molar-refractivity contribution in [1.82, 2.24) is 4.90 Å². The predicted molar refractivity (Wildman–Crippen MR) is 72.4 cm³/mol. The molecule has 0 saturated carbocycles. The van der Waals surface area contributed by atoms with E-state index in [-0.39, 0.29) is 18.2 Å². The Morgan fingerprint density at radius 3 is 2.83 bits per heavy atom. The van der Waals surface area contributed by atoms with Crippen LogP contribution in [0.5, 0.6) is 0 Å². The van der Waals surface area contributed by atoms with Gasteiger partial charge in [0.25, 0.3) is 0 Å². The van der Waals surface area contributed by atoms with Gasteiger partial charge in [-0.3, -0.25) is 9.69 Å². The third-order valence-corrected chi connectivity index (χ3v) is 3.41. The number of benzene rings is 1. The minimum atomic E-state index is -0.794. The van der Waals surface area contributed by atoms with Crippen LogP contribution in [0.3, 0.4) is 0 Å². The topological polar surface area (TPSA) is 40.5 Å². The molecule has 1 aliphatic heterocycles. The maximum atomic E-state index is 13.2. The van der Waals surface area contributed by atoms with E-state index >= 15 is 0 Å². The largest absolute Gasteiger partial charge is 0.480 e. The van der Waals surface area contributed by atoms with Crippen LogP contribution in [0.15, 0.2) is 22.7 Å². The molecular formula is C12H14BrClFNO2. The smallest absolute Gasteiger partial charge is 0.320 e. The van der Waals surface area contributed by atoms with Gasteiger partial charge < -0.3 is 5.11 Å². The lowest BCUT2D eigenvalue weighted by Gasteiger charge is -2.21. The number of carbonyl (C=O) groups is 1. The molecule has 3 nitrogen and oxygen atoms in total. The minimum absolute atomic E-state index is 0. The van der Waals surface area contributed by atoms with E-state index in [1.54, 1.807) is 0 Å². The summed E-state index contributed by atoms with van der Waals surface area (Å²) in [7, 11) is 0. The van der Waals surface area contributed by atoms with Crippen molar-refractivity contribution in [2.24, 2.45) is 0 Å². The number of aliphatic carboxylic acids is 1. The first-order chi connectivity index (χ1) is 8.06. The van der Waals surface area contributed by atoms with Crippen molar-refractivity contribution in [2.45, 2.75) is 25.4 Å². The number of hydrogen-bond acceptors (Lipinski definition) is 2. The summed E-state index contributed by atoms with van der Waals surface area (Å²) in [5.74, 6) is -1.10. The number of likely N-dealkylation sites (tertiary alicyclic amines) is 1. The highest BCUT2D eigenvalue weighted by molar-refractivity contribution is 9.10. The van der Waals surface area contributed by atoms with Gasteiger partial charge in [0.2, 0.25) is 0 Å². The SMILES string of the molecule is Cl.O=C(O)C1CCCN1Cc1cc(F)cc(Br)c1. The standard InChI is InChI=1S/C12H13BrFNO2.ClH/c13-9-4-8(5-10(14)6-9)7-15-3-1-2-11(15)12(16)17;/h4-6,11H,1-3,7H2,(H,16,17);1H. The van der Waals surface area contributed by atoms with E-state index in [1.807, 2.05) is 11.0 Å². The second-order valence-corrected chi connectivity index (χ2v) is 5.16. The molecule has 100 valence electrons. The number of halogens is 3. The Labute approximate surface area is 120 Å². The highest BCUT2D eigenvalue weighted by atomic mass is 79.9. The van der Waals surface area contributed by atoms with Gasteiger partial charge in [-0.15, -0.1) is 12.4 Å². The van der Waals surface area contributed by atoms with E-state index < -0.39 is 12.0 Å². The van der Waals surface area contributed by atoms with Crippen LogP contribution in [0.1, 0.15) is 18.4 Å². The van der Waals surface area contributed by atoms with Crippen LogP contribution in [0, 0.1) is 5.82 Å². The summed E-state index contributed by atoms with van der Waals surface area (Å²) in [6.07, 6.45) is 1.55. The maximum absolute atomic E-state index is 13.2. The third-order valence-electron chi connectivity index (χ3n) is 2.96. The van der Waals surface area contributed by atoms with Crippen molar-refractivity contribution in [2.75, 3.05) is 6.54 Å². The summed E-state index contributed by atoms with van der Waals surface area (Å²) >= 11 is 3.23. The van der Waals surface area contributed by atoms with Crippen LogP contribution >= 0.6 is 28.3 Å². The monoisotopic (exact) mass is 337 g/mol. The van der Waals surface area contributed by atoms with Gasteiger partial charge in [-0.1, -0.05) is 15.9 Å². The summed E-state index contributed by atoms with van der Waals surface area (Å²) < 4.78 is 13.9. The summed E-state index contributed by atoms with van der Waals surface area (Å²) in [5.41, 5.74) is 0.796. The number of carboxylic acids is 1. The summed E-state index contributed by atoms with van der Waals surface area (Å²) in [4.78, 5) is 12.9. The van der Waals surface area contributed by atoms with E-state index in [1.165, 1.54) is 12.1 Å². The number of nitrogens with zero attached hydrogens (tertiary/aromatic N) is 1. The lowest BCUT2D eigenvalue weighted by molar-refractivity contribution is -0.142. The quantitative estimate of drug-likeness (QED) is 0.921. The molecule has 1 unspecified atom stereocenters. The number of hydrogen-bond donors (Lipinski definition) is 1. The van der Waals surface area contributed by atoms with Crippen molar-refractivity contribution >= 4 is 34.3 Å². The number of rotatable bonds is 3. The fourth-order valence-electron chi connectivity index (χ4n) is 2.23. The average Bonchev–Trinajstić information content (AvgIpc) is 2.63. The Kier molecular flexibility index (Phi) is 5.56. The average molecular weight is 339 g/mol. The fraction of sp³-hybridized carbons (Fsp3) is 0.417. The molecule has 6 heteroatoms. The highest BCUT2D eigenvalue weighted by Crippen LogP contribution is 2.22. The zero-order valence-corrected chi connectivity index (χ0v) is 12.0. The fourth-order valence-corrected chi connectivity index (χ4v) is 2.74. The van der Waals surface area contributed by atoms with Crippen LogP contribution in [-0.2, 0) is 11.3 Å². The molecule has 0 bridgehead atoms. The molecule has 1 saturated heterocycles. The first kappa shape index (κ1) is 15.4. The molecule has 0 aliphatic carbocycles. The van der Waals surface area contributed by atoms with Crippen LogP contribution < -0.4 is 0 Å². The molecule has 0 spiro atoms. The normalized spacial score (nSPS) is 19.6. The summed E-state index contributed by atoms with van der Waals surface area (Å²) in [5, 5.41) is 9.05. The molecule has 1 fully saturated rings. The van der Waals surface area contributed by atoms with E-state index in [0.29, 0.717) is 17.4 Å². The van der Waals surface area contributed by atoms with Crippen LogP contribution in [0.25, 0.3) is 0 Å². The molecule has 0 amide bonds. The second kappa shape index (κ2) is 6.50. The van der Waals surface area contributed by atoms with Gasteiger partial charge in [-0.25, -0.2) is 4.39 Å². The van der Waals surface area contributed by atoms with E-state index in [9.17, 15) is 9.18 Å². The Morgan fingerprint density at radius 1 is 1.50 bits per heavy atom. The van der Waals surface area contributed by atoms with Gasteiger partial charge in [0, 0.05) is 11.0 Å². The van der Waals surface area contributed by atoms with Crippen molar-refractivity contribution in [1.29, 1.82) is 0 Å². The Hall–Kier alpha value is -0.650. The zero-order chi connectivity index (χ0) is 12.4. The van der Waals surface area contributed by atoms with Crippen LogP contribution in [-0.4, -0.2) is 28.6 Å². The van der Waals surface area contributed by atoms with Crippen molar-refractivity contribution < 1.29 is 14.3 Å². The van der Waals surface area contributed by atoms with Crippen LogP contribution in [0.4, 0.5) is 4.39 Å². The molecule has 0 radical (unpaired) electrons. The first-order valence-electron chi connectivity index (χ1n) is 5.48. The van der Waals surface area contributed by atoms with Gasteiger partial charge in [-0.2, -0.15) is 0 Å². The molecule has 18 heavy (non-hydrogen) atoms. The molecule has 1 heterocycles. The Balaban J connectivity index is 0.00000162. The first-order valence-corrected chi connectivity index (χ1v) is 6.27. The minimum Gasteiger partial charge on any atom is -0.480 e. The zero-order valence-electron chi connectivity index (χ0n) is 9.60. The molecule has 1 atom stereocenters. The molecule has 1 N–H and O–H groups in total. The van der Waals surface area contributed by atoms with E-state index in [0.717, 1.165) is 18.5 Å². The molecule has 1 aromatic rings. The van der Waals surface area contributed by atoms with Gasteiger partial charge in [0.15, 0.2) is 0 Å². The number of carboxylic acid groups (broad SMARTS) is 1. The predicted octanol–water partition coefficient (Wildman–Crippen LogP) is 3.06. The van der Waals surface area contributed by atoms with E-state index in [4.69, 9.17) is 5.11 Å². The molecule has 1 aromatic carbocycles. The highest BCUT2D eigenvalue weighted by Gasteiger charge is 2.30. The van der Waals surface area contributed by atoms with E-state index in [2.05, 4.69) is 15.9 Å².